The van der Waals surface area contributed by atoms with Gasteiger partial charge in [0.05, 0.1) is 9.82 Å². The summed E-state index contributed by atoms with van der Waals surface area (Å²) in [4.78, 5) is 10.5. The zero-order chi connectivity index (χ0) is 22.9. The molecule has 4 rings (SSSR count). The number of rotatable bonds is 6. The lowest BCUT2D eigenvalue weighted by molar-refractivity contribution is -0.384. The molecule has 0 unspecified atom stereocenters. The quantitative estimate of drug-likeness (QED) is 0.434. The van der Waals surface area contributed by atoms with Gasteiger partial charge in [0, 0.05) is 30.3 Å². The maximum atomic E-state index is 13.6. The molecule has 2 aromatic carbocycles. The van der Waals surface area contributed by atoms with E-state index in [1.54, 1.807) is 4.31 Å². The van der Waals surface area contributed by atoms with Crippen LogP contribution in [-0.2, 0) is 16.6 Å². The number of nitrogens with zero attached hydrogens (tertiary/aromatic N) is 2. The smallest absolute Gasteiger partial charge is 0.269 e. The first-order valence-corrected chi connectivity index (χ1v) is 12.4. The van der Waals surface area contributed by atoms with Gasteiger partial charge in [-0.15, -0.1) is 0 Å². The number of hydrogen-bond acceptors (Lipinski definition) is 5. The first-order chi connectivity index (χ1) is 15.2. The average Bonchev–Trinajstić information content (AvgIpc) is 2.77. The lowest BCUT2D eigenvalue weighted by Crippen LogP contribution is -2.40. The van der Waals surface area contributed by atoms with E-state index in [2.05, 4.69) is 0 Å². The number of ether oxygens (including phenoxy) is 1. The van der Waals surface area contributed by atoms with Gasteiger partial charge in [0.25, 0.3) is 5.69 Å². The van der Waals surface area contributed by atoms with Gasteiger partial charge in [-0.1, -0.05) is 31.4 Å². The Morgan fingerprint density at radius 1 is 1.09 bits per heavy atom. The molecular formula is C24H28N2O5S. The van der Waals surface area contributed by atoms with Crippen molar-refractivity contribution >= 4 is 21.8 Å². The van der Waals surface area contributed by atoms with E-state index in [1.807, 2.05) is 44.2 Å². The lowest BCUT2D eigenvalue weighted by Gasteiger charge is -2.34. The zero-order valence-electron chi connectivity index (χ0n) is 18.4. The van der Waals surface area contributed by atoms with Crippen molar-refractivity contribution in [2.75, 3.05) is 0 Å². The van der Waals surface area contributed by atoms with E-state index in [1.165, 1.54) is 24.3 Å². The van der Waals surface area contributed by atoms with Crippen molar-refractivity contribution in [3.05, 3.63) is 69.8 Å². The normalized spacial score (nSPS) is 18.2. The number of nitro groups is 1. The Balaban J connectivity index is 1.66. The van der Waals surface area contributed by atoms with Crippen LogP contribution in [0.1, 0.15) is 57.1 Å². The minimum atomic E-state index is -3.82. The molecule has 7 nitrogen and oxygen atoms in total. The summed E-state index contributed by atoms with van der Waals surface area (Å²) in [5.41, 5.74) is 1.31. The summed E-state index contributed by atoms with van der Waals surface area (Å²) < 4.78 is 34.8. The van der Waals surface area contributed by atoms with Crippen molar-refractivity contribution in [2.45, 2.75) is 69.0 Å². The second-order valence-corrected chi connectivity index (χ2v) is 10.9. The summed E-state index contributed by atoms with van der Waals surface area (Å²) in [7, 11) is -3.82. The van der Waals surface area contributed by atoms with Crippen LogP contribution in [0.25, 0.3) is 6.08 Å². The van der Waals surface area contributed by atoms with E-state index in [-0.39, 0.29) is 28.8 Å². The fourth-order valence-corrected chi connectivity index (χ4v) is 6.04. The maximum absolute atomic E-state index is 13.6. The summed E-state index contributed by atoms with van der Waals surface area (Å²) in [6.45, 7) is 4.22. The van der Waals surface area contributed by atoms with E-state index in [9.17, 15) is 18.5 Å². The molecule has 1 aliphatic heterocycles. The van der Waals surface area contributed by atoms with Crippen molar-refractivity contribution in [1.82, 2.24) is 4.31 Å². The summed E-state index contributed by atoms with van der Waals surface area (Å²) in [5, 5.41) is 11.0. The fraction of sp³-hybridized carbons (Fsp3) is 0.417. The van der Waals surface area contributed by atoms with Gasteiger partial charge < -0.3 is 4.74 Å². The van der Waals surface area contributed by atoms with Crippen LogP contribution in [0.15, 0.2) is 53.4 Å². The molecule has 1 heterocycles. The molecule has 2 aromatic rings. The van der Waals surface area contributed by atoms with Gasteiger partial charge in [-0.3, -0.25) is 10.1 Å². The van der Waals surface area contributed by atoms with Gasteiger partial charge in [-0.2, -0.15) is 4.31 Å². The third kappa shape index (κ3) is 4.71. The molecule has 0 radical (unpaired) electrons. The minimum absolute atomic E-state index is 0.0802. The Morgan fingerprint density at radius 3 is 2.44 bits per heavy atom. The van der Waals surface area contributed by atoms with Crippen LogP contribution in [0.4, 0.5) is 5.69 Å². The van der Waals surface area contributed by atoms with E-state index >= 15 is 0 Å². The largest absolute Gasteiger partial charge is 0.483 e. The number of benzene rings is 2. The monoisotopic (exact) mass is 456 g/mol. The highest BCUT2D eigenvalue weighted by molar-refractivity contribution is 7.89. The second-order valence-electron chi connectivity index (χ2n) is 9.00. The van der Waals surface area contributed by atoms with Crippen molar-refractivity contribution in [1.29, 1.82) is 0 Å². The van der Waals surface area contributed by atoms with E-state index < -0.39 is 14.9 Å². The summed E-state index contributed by atoms with van der Waals surface area (Å²) in [6, 6.07) is 10.8. The third-order valence-corrected chi connectivity index (χ3v) is 8.00. The van der Waals surface area contributed by atoms with E-state index in [0.29, 0.717) is 0 Å². The molecule has 0 amide bonds. The van der Waals surface area contributed by atoms with Crippen molar-refractivity contribution in [3.8, 4) is 5.75 Å². The van der Waals surface area contributed by atoms with Crippen LogP contribution in [0, 0.1) is 10.1 Å². The number of sulfonamides is 1. The molecule has 0 atom stereocenters. The molecule has 8 heteroatoms. The number of hydrogen-bond donors (Lipinski definition) is 0. The number of nitro benzene ring substituents is 1. The van der Waals surface area contributed by atoms with Gasteiger partial charge >= 0.3 is 0 Å². The van der Waals surface area contributed by atoms with Crippen molar-refractivity contribution in [2.24, 2.45) is 0 Å². The second kappa shape index (κ2) is 8.67. The Morgan fingerprint density at radius 2 is 1.78 bits per heavy atom. The predicted octanol–water partition coefficient (Wildman–Crippen LogP) is 5.30. The first kappa shape index (κ1) is 22.5. The molecule has 0 spiro atoms. The Kier molecular flexibility index (Phi) is 6.09. The fourth-order valence-electron chi connectivity index (χ4n) is 4.36. The highest BCUT2D eigenvalue weighted by atomic mass is 32.2. The summed E-state index contributed by atoms with van der Waals surface area (Å²) >= 11 is 0. The van der Waals surface area contributed by atoms with Crippen LogP contribution in [0.2, 0.25) is 0 Å². The molecule has 1 fully saturated rings. The van der Waals surface area contributed by atoms with Crippen LogP contribution in [0.5, 0.6) is 5.75 Å². The highest BCUT2D eigenvalue weighted by Crippen LogP contribution is 2.34. The highest BCUT2D eigenvalue weighted by Gasteiger charge is 2.33. The molecule has 1 saturated carbocycles. The molecular weight excluding hydrogens is 428 g/mol. The standard InChI is InChI=1S/C24H28N2O5S/c1-24(2)15-14-19-16-18(8-13-23(19)31-24)17-25(20-6-4-3-5-7-20)32(29,30)22-11-9-21(10-12-22)26(27)28/h8-16,20H,3-7,17H2,1-2H3. The average molecular weight is 457 g/mol. The maximum Gasteiger partial charge on any atom is 0.269 e. The Hall–Kier alpha value is -2.71. The molecule has 2 aliphatic rings. The van der Waals surface area contributed by atoms with Crippen LogP contribution < -0.4 is 4.74 Å². The van der Waals surface area contributed by atoms with Gasteiger partial charge in [-0.05, 0) is 62.6 Å². The van der Waals surface area contributed by atoms with Crippen molar-refractivity contribution < 1.29 is 18.1 Å². The van der Waals surface area contributed by atoms with Gasteiger partial charge in [0.2, 0.25) is 10.0 Å². The van der Waals surface area contributed by atoms with E-state index in [0.717, 1.165) is 49.0 Å². The molecule has 32 heavy (non-hydrogen) atoms. The molecule has 0 N–H and O–H groups in total. The topological polar surface area (TPSA) is 89.8 Å². The lowest BCUT2D eigenvalue weighted by atomic mass is 9.95. The first-order valence-electron chi connectivity index (χ1n) is 10.9. The van der Waals surface area contributed by atoms with Crippen LogP contribution in [0.3, 0.4) is 0 Å². The van der Waals surface area contributed by atoms with Crippen LogP contribution in [-0.4, -0.2) is 29.3 Å². The molecule has 0 aromatic heterocycles. The van der Waals surface area contributed by atoms with Gasteiger partial charge in [0.1, 0.15) is 11.4 Å². The summed E-state index contributed by atoms with van der Waals surface area (Å²) in [5.74, 6) is 0.781. The third-order valence-electron chi connectivity index (χ3n) is 6.09. The van der Waals surface area contributed by atoms with Gasteiger partial charge in [-0.25, -0.2) is 8.42 Å². The molecule has 0 bridgehead atoms. The predicted molar refractivity (Wildman–Crippen MR) is 123 cm³/mol. The Bertz CT molecular complexity index is 1130. The number of non-ortho nitro benzene ring substituents is 1. The van der Waals surface area contributed by atoms with Gasteiger partial charge in [0.15, 0.2) is 0 Å². The zero-order valence-corrected chi connectivity index (χ0v) is 19.2. The van der Waals surface area contributed by atoms with E-state index in [4.69, 9.17) is 4.74 Å². The molecule has 0 saturated heterocycles. The number of fused-ring (bicyclic) bond motifs is 1. The molecule has 1 aliphatic carbocycles. The Labute approximate surface area is 188 Å². The van der Waals surface area contributed by atoms with Crippen LogP contribution >= 0.6 is 0 Å². The van der Waals surface area contributed by atoms with Crippen molar-refractivity contribution in [3.63, 3.8) is 0 Å². The molecule has 170 valence electrons. The minimum Gasteiger partial charge on any atom is -0.483 e. The SMILES string of the molecule is CC1(C)C=Cc2cc(CN(C3CCCCC3)S(=O)(=O)c3ccc([N+](=O)[O-])cc3)ccc2O1. The summed E-state index contributed by atoms with van der Waals surface area (Å²) in [6.07, 6.45) is 8.73.